The molecule has 1 aromatic carbocycles. The van der Waals surface area contributed by atoms with Crippen molar-refractivity contribution in [2.45, 2.75) is 44.7 Å². The second kappa shape index (κ2) is 4.80. The second-order valence-electron chi connectivity index (χ2n) is 6.35. The number of ether oxygens (including phenoxy) is 1. The van der Waals surface area contributed by atoms with Crippen LogP contribution in [0.1, 0.15) is 43.9 Å². The number of fused-ring (bicyclic) bond motifs is 1. The van der Waals surface area contributed by atoms with Gasteiger partial charge in [-0.2, -0.15) is 0 Å². The van der Waals surface area contributed by atoms with Gasteiger partial charge in [0.15, 0.2) is 0 Å². The smallest absolute Gasteiger partial charge is 0.115 e. The highest BCUT2D eigenvalue weighted by atomic mass is 16.5. The molecule has 2 aliphatic rings. The highest BCUT2D eigenvalue weighted by Crippen LogP contribution is 2.39. The summed E-state index contributed by atoms with van der Waals surface area (Å²) in [5.74, 6) is 0.389. The van der Waals surface area contributed by atoms with Crippen molar-refractivity contribution in [2.24, 2.45) is 0 Å². The number of phenols is 1. The molecule has 1 aromatic rings. The Bertz CT molecular complexity index is 470. The number of hydrogen-bond acceptors (Lipinski definition) is 3. The van der Waals surface area contributed by atoms with E-state index in [9.17, 15) is 5.11 Å². The number of hydrogen-bond donors (Lipinski definition) is 1. The van der Waals surface area contributed by atoms with Gasteiger partial charge in [0.1, 0.15) is 5.75 Å². The molecule has 3 rings (SSSR count). The zero-order valence-electron chi connectivity index (χ0n) is 11.9. The Kier molecular flexibility index (Phi) is 3.27. The van der Waals surface area contributed by atoms with Crippen molar-refractivity contribution in [3.8, 4) is 5.75 Å². The van der Waals surface area contributed by atoms with Crippen LogP contribution < -0.4 is 0 Å². The normalized spacial score (nSPS) is 26.9. The molecule has 1 heterocycles. The molecule has 1 aliphatic heterocycles. The van der Waals surface area contributed by atoms with Crippen molar-refractivity contribution in [3.05, 3.63) is 29.3 Å². The summed E-state index contributed by atoms with van der Waals surface area (Å²) in [7, 11) is 0. The topological polar surface area (TPSA) is 32.7 Å². The monoisotopic (exact) mass is 261 g/mol. The minimum Gasteiger partial charge on any atom is -0.508 e. The Morgan fingerprint density at radius 2 is 2.21 bits per heavy atom. The van der Waals surface area contributed by atoms with Gasteiger partial charge in [-0.15, -0.1) is 0 Å². The molecule has 1 aliphatic carbocycles. The summed E-state index contributed by atoms with van der Waals surface area (Å²) < 4.78 is 5.63. The average molecular weight is 261 g/mol. The molecule has 3 nitrogen and oxygen atoms in total. The Morgan fingerprint density at radius 1 is 1.37 bits per heavy atom. The Labute approximate surface area is 115 Å². The van der Waals surface area contributed by atoms with E-state index in [1.165, 1.54) is 24.0 Å². The van der Waals surface area contributed by atoms with E-state index in [4.69, 9.17) is 4.74 Å². The fraction of sp³-hybridized carbons (Fsp3) is 0.625. The highest BCUT2D eigenvalue weighted by molar-refractivity contribution is 5.38. The maximum atomic E-state index is 9.65. The Hall–Kier alpha value is -1.06. The molecule has 0 radical (unpaired) electrons. The van der Waals surface area contributed by atoms with Crippen LogP contribution in [0.4, 0.5) is 0 Å². The lowest BCUT2D eigenvalue weighted by Crippen LogP contribution is -2.54. The Morgan fingerprint density at radius 3 is 3.00 bits per heavy atom. The van der Waals surface area contributed by atoms with Gasteiger partial charge >= 0.3 is 0 Å². The van der Waals surface area contributed by atoms with Crippen molar-refractivity contribution >= 4 is 0 Å². The molecule has 1 atom stereocenters. The van der Waals surface area contributed by atoms with Gasteiger partial charge in [-0.25, -0.2) is 0 Å². The molecule has 3 heteroatoms. The lowest BCUT2D eigenvalue weighted by atomic mass is 9.84. The number of aromatic hydroxyl groups is 1. The molecule has 0 amide bonds. The third-order valence-electron chi connectivity index (χ3n) is 4.49. The van der Waals surface area contributed by atoms with Crippen LogP contribution in [0.15, 0.2) is 18.2 Å². The summed E-state index contributed by atoms with van der Waals surface area (Å²) >= 11 is 0. The van der Waals surface area contributed by atoms with Gasteiger partial charge in [-0.3, -0.25) is 4.90 Å². The zero-order valence-corrected chi connectivity index (χ0v) is 11.9. The van der Waals surface area contributed by atoms with Gasteiger partial charge in [0.05, 0.1) is 13.2 Å². The molecule has 1 fully saturated rings. The molecule has 1 saturated heterocycles. The minimum atomic E-state index is 0.0927. The van der Waals surface area contributed by atoms with Crippen LogP contribution in [0.5, 0.6) is 5.75 Å². The average Bonchev–Trinajstić information content (AvgIpc) is 2.37. The van der Waals surface area contributed by atoms with Crippen molar-refractivity contribution in [1.82, 2.24) is 4.90 Å². The minimum absolute atomic E-state index is 0.0927. The van der Waals surface area contributed by atoms with Crippen molar-refractivity contribution in [3.63, 3.8) is 0 Å². The standard InChI is InChI=1S/C16H23NO2/c1-16(2)11-19-9-8-17(16)15-5-3-4-12-10-13(18)6-7-14(12)15/h6-7,10,15,18H,3-5,8-9,11H2,1-2H3. The van der Waals surface area contributed by atoms with Gasteiger partial charge in [-0.1, -0.05) is 6.07 Å². The van der Waals surface area contributed by atoms with E-state index in [1.807, 2.05) is 12.1 Å². The molecular formula is C16H23NO2. The summed E-state index contributed by atoms with van der Waals surface area (Å²) in [6, 6.07) is 6.35. The first-order chi connectivity index (χ1) is 9.08. The molecule has 19 heavy (non-hydrogen) atoms. The fourth-order valence-electron chi connectivity index (χ4n) is 3.55. The van der Waals surface area contributed by atoms with Crippen LogP contribution >= 0.6 is 0 Å². The largest absolute Gasteiger partial charge is 0.508 e. The molecule has 0 spiro atoms. The van der Waals surface area contributed by atoms with E-state index in [0.717, 1.165) is 26.2 Å². The summed E-state index contributed by atoms with van der Waals surface area (Å²) in [6.45, 7) is 7.16. The molecule has 1 N–H and O–H groups in total. The lowest BCUT2D eigenvalue weighted by Gasteiger charge is -2.48. The highest BCUT2D eigenvalue weighted by Gasteiger charge is 2.37. The number of nitrogens with zero attached hydrogens (tertiary/aromatic N) is 1. The van der Waals surface area contributed by atoms with Gasteiger partial charge in [0, 0.05) is 18.1 Å². The predicted molar refractivity (Wildman–Crippen MR) is 75.4 cm³/mol. The van der Waals surface area contributed by atoms with E-state index in [1.54, 1.807) is 0 Å². The van der Waals surface area contributed by atoms with E-state index < -0.39 is 0 Å². The first-order valence-corrected chi connectivity index (χ1v) is 7.24. The van der Waals surface area contributed by atoms with Crippen molar-refractivity contribution in [2.75, 3.05) is 19.8 Å². The Balaban J connectivity index is 1.94. The summed E-state index contributed by atoms with van der Waals surface area (Å²) in [5, 5.41) is 9.65. The van der Waals surface area contributed by atoms with Gasteiger partial charge in [0.25, 0.3) is 0 Å². The number of rotatable bonds is 1. The van der Waals surface area contributed by atoms with Crippen molar-refractivity contribution < 1.29 is 9.84 Å². The lowest BCUT2D eigenvalue weighted by molar-refractivity contribution is -0.0758. The van der Waals surface area contributed by atoms with Crippen LogP contribution in [0, 0.1) is 0 Å². The van der Waals surface area contributed by atoms with Crippen LogP contribution in [-0.4, -0.2) is 35.3 Å². The fourth-order valence-corrected chi connectivity index (χ4v) is 3.55. The van der Waals surface area contributed by atoms with Crippen molar-refractivity contribution in [1.29, 1.82) is 0 Å². The molecular weight excluding hydrogens is 238 g/mol. The maximum Gasteiger partial charge on any atom is 0.115 e. The summed E-state index contributed by atoms with van der Waals surface area (Å²) in [6.07, 6.45) is 3.50. The third-order valence-corrected chi connectivity index (χ3v) is 4.49. The SMILES string of the molecule is CC1(C)COCCN1C1CCCc2cc(O)ccc21. The zero-order chi connectivity index (χ0) is 13.5. The van der Waals surface area contributed by atoms with Gasteiger partial charge in [-0.05, 0) is 56.4 Å². The van der Waals surface area contributed by atoms with E-state index in [2.05, 4.69) is 24.8 Å². The van der Waals surface area contributed by atoms with Crippen LogP contribution in [0.3, 0.4) is 0 Å². The summed E-state index contributed by atoms with van der Waals surface area (Å²) in [5.41, 5.74) is 2.81. The van der Waals surface area contributed by atoms with Crippen LogP contribution in [-0.2, 0) is 11.2 Å². The quantitative estimate of drug-likeness (QED) is 0.843. The molecule has 1 unspecified atom stereocenters. The maximum absolute atomic E-state index is 9.65. The third kappa shape index (κ3) is 2.37. The first kappa shape index (κ1) is 12.9. The van der Waals surface area contributed by atoms with E-state index in [-0.39, 0.29) is 5.54 Å². The van der Waals surface area contributed by atoms with Gasteiger partial charge in [0.2, 0.25) is 0 Å². The molecule has 0 saturated carbocycles. The summed E-state index contributed by atoms with van der Waals surface area (Å²) in [4.78, 5) is 2.59. The van der Waals surface area contributed by atoms with E-state index in [0.29, 0.717) is 11.8 Å². The predicted octanol–water partition coefficient (Wildman–Crippen LogP) is 2.88. The van der Waals surface area contributed by atoms with E-state index >= 15 is 0 Å². The number of phenolic OH excluding ortho intramolecular Hbond substituents is 1. The second-order valence-corrected chi connectivity index (χ2v) is 6.35. The molecule has 0 bridgehead atoms. The van der Waals surface area contributed by atoms with Gasteiger partial charge < -0.3 is 9.84 Å². The number of aryl methyl sites for hydroxylation is 1. The first-order valence-electron chi connectivity index (χ1n) is 7.24. The number of morpholine rings is 1. The molecule has 0 aromatic heterocycles. The van der Waals surface area contributed by atoms with Crippen LogP contribution in [0.2, 0.25) is 0 Å². The molecule has 104 valence electrons. The number of benzene rings is 1. The van der Waals surface area contributed by atoms with Crippen LogP contribution in [0.25, 0.3) is 0 Å².